The first kappa shape index (κ1) is 48.0. The maximum absolute atomic E-state index is 12.6. The number of carbonyl (C=O) groups is 3. The number of phosphoric ester groups is 1. The van der Waals surface area contributed by atoms with Crippen LogP contribution >= 0.6 is 7.82 Å². The highest BCUT2D eigenvalue weighted by molar-refractivity contribution is 7.47. The number of rotatable bonds is 36. The van der Waals surface area contributed by atoms with E-state index in [0.29, 0.717) is 12.8 Å². The van der Waals surface area contributed by atoms with Crippen LogP contribution in [0.2, 0.25) is 0 Å². The van der Waals surface area contributed by atoms with E-state index in [0.717, 1.165) is 64.2 Å². The van der Waals surface area contributed by atoms with Crippen LogP contribution in [0.5, 0.6) is 0 Å². The molecule has 0 rings (SSSR count). The number of ether oxygens (including phenoxy) is 2. The molecule has 0 aromatic heterocycles. The van der Waals surface area contributed by atoms with Crippen molar-refractivity contribution in [3.05, 3.63) is 24.3 Å². The van der Waals surface area contributed by atoms with Crippen molar-refractivity contribution in [1.29, 1.82) is 0 Å². The molecule has 1 unspecified atom stereocenters. The summed E-state index contributed by atoms with van der Waals surface area (Å²) in [4.78, 5) is 45.7. The lowest BCUT2D eigenvalue weighted by Gasteiger charge is -2.20. The molecule has 12 heteroatoms. The van der Waals surface area contributed by atoms with Crippen LogP contribution < -0.4 is 5.73 Å². The van der Waals surface area contributed by atoms with Gasteiger partial charge in [0.15, 0.2) is 6.10 Å². The van der Waals surface area contributed by atoms with E-state index < -0.39 is 51.1 Å². The van der Waals surface area contributed by atoms with Gasteiger partial charge in [-0.3, -0.25) is 23.4 Å². The number of hydrogen-bond donors (Lipinski definition) is 3. The SMILES string of the molecule is CCCC/C=C/CCCCCCCC(=O)OC[C@H](COP(=O)(O)OC[C@H](N)C(=O)O)OC(=O)CCCCC/C=C/CCCCCCCCCC. The Kier molecular flexibility index (Phi) is 32.7. The van der Waals surface area contributed by atoms with Crippen molar-refractivity contribution in [3.63, 3.8) is 0 Å². The first-order chi connectivity index (χ1) is 24.1. The molecule has 0 radical (unpaired) electrons. The van der Waals surface area contributed by atoms with Crippen LogP contribution in [0.15, 0.2) is 24.3 Å². The predicted molar refractivity (Wildman–Crippen MR) is 199 cm³/mol. The molecule has 292 valence electrons. The van der Waals surface area contributed by atoms with Gasteiger partial charge >= 0.3 is 25.7 Å². The molecule has 0 aliphatic carbocycles. The summed E-state index contributed by atoms with van der Waals surface area (Å²) in [5.41, 5.74) is 5.31. The molecule has 0 spiro atoms. The molecule has 0 saturated heterocycles. The summed E-state index contributed by atoms with van der Waals surface area (Å²) in [5, 5.41) is 8.85. The Hall–Kier alpha value is -2.04. The highest BCUT2D eigenvalue weighted by Crippen LogP contribution is 2.43. The number of phosphoric acid groups is 1. The highest BCUT2D eigenvalue weighted by atomic mass is 31.2. The third kappa shape index (κ3) is 33.1. The number of unbranched alkanes of at least 4 members (excludes halogenated alkanes) is 18. The Morgan fingerprint density at radius 3 is 1.54 bits per heavy atom. The monoisotopic (exact) mass is 731 g/mol. The number of nitrogens with two attached hydrogens (primary N) is 1. The lowest BCUT2D eigenvalue weighted by Crippen LogP contribution is -2.34. The Morgan fingerprint density at radius 2 is 1.02 bits per heavy atom. The highest BCUT2D eigenvalue weighted by Gasteiger charge is 2.28. The zero-order valence-electron chi connectivity index (χ0n) is 31.2. The molecule has 0 heterocycles. The Balaban J connectivity index is 4.46. The number of carboxylic acid groups (broad SMARTS) is 1. The first-order valence-corrected chi connectivity index (χ1v) is 20.9. The van der Waals surface area contributed by atoms with E-state index in [-0.39, 0.29) is 19.4 Å². The summed E-state index contributed by atoms with van der Waals surface area (Å²) in [5.74, 6) is -2.41. The third-order valence-electron chi connectivity index (χ3n) is 8.17. The molecule has 0 aliphatic heterocycles. The minimum Gasteiger partial charge on any atom is -0.480 e. The van der Waals surface area contributed by atoms with Crippen LogP contribution in [0, 0.1) is 0 Å². The van der Waals surface area contributed by atoms with Crippen LogP contribution in [0.4, 0.5) is 0 Å². The van der Waals surface area contributed by atoms with Gasteiger partial charge in [-0.15, -0.1) is 0 Å². The fraction of sp³-hybridized carbons (Fsp3) is 0.816. The van der Waals surface area contributed by atoms with Crippen molar-refractivity contribution in [2.24, 2.45) is 5.73 Å². The van der Waals surface area contributed by atoms with Gasteiger partial charge < -0.3 is 25.2 Å². The maximum atomic E-state index is 12.6. The molecule has 0 aromatic rings. The normalized spacial score (nSPS) is 14.2. The van der Waals surface area contributed by atoms with Crippen molar-refractivity contribution in [2.45, 2.75) is 180 Å². The molecule has 0 saturated carbocycles. The minimum atomic E-state index is -4.71. The topological polar surface area (TPSA) is 172 Å². The van der Waals surface area contributed by atoms with E-state index in [1.807, 2.05) is 0 Å². The lowest BCUT2D eigenvalue weighted by atomic mass is 10.1. The molecule has 3 atom stereocenters. The minimum absolute atomic E-state index is 0.141. The first-order valence-electron chi connectivity index (χ1n) is 19.4. The van der Waals surface area contributed by atoms with Gasteiger partial charge in [-0.05, 0) is 57.8 Å². The van der Waals surface area contributed by atoms with Crippen LogP contribution in [-0.4, -0.2) is 59.9 Å². The van der Waals surface area contributed by atoms with Crippen molar-refractivity contribution >= 4 is 25.7 Å². The van der Waals surface area contributed by atoms with Crippen LogP contribution in [0.25, 0.3) is 0 Å². The van der Waals surface area contributed by atoms with Crippen LogP contribution in [-0.2, 0) is 37.5 Å². The van der Waals surface area contributed by atoms with Gasteiger partial charge in [0, 0.05) is 12.8 Å². The second-order valence-electron chi connectivity index (χ2n) is 13.1. The standard InChI is InChI=1S/C38H70NO10P/c1-3-5-7-9-11-13-15-16-17-18-20-22-24-26-28-30-37(41)49-34(32-47-50(44,45)48-33-35(39)38(42)43)31-46-36(40)29-27-25-23-21-19-14-12-10-8-6-4-2/h10,12,18,20,34-35H,3-9,11,13-17,19,21-33,39H2,1-2H3,(H,42,43)(H,44,45)/b12-10+,20-18+/t34-,35+/m1/s1. The van der Waals surface area contributed by atoms with Crippen LogP contribution in [0.3, 0.4) is 0 Å². The Bertz CT molecular complexity index is 958. The van der Waals surface area contributed by atoms with E-state index in [1.165, 1.54) is 64.2 Å². The molecular formula is C38H70NO10P. The Labute approximate surface area is 302 Å². The van der Waals surface area contributed by atoms with Gasteiger partial charge in [0.1, 0.15) is 12.6 Å². The third-order valence-corrected chi connectivity index (χ3v) is 9.12. The van der Waals surface area contributed by atoms with E-state index in [9.17, 15) is 23.8 Å². The molecule has 50 heavy (non-hydrogen) atoms. The van der Waals surface area contributed by atoms with E-state index in [4.69, 9.17) is 24.8 Å². The number of esters is 2. The van der Waals surface area contributed by atoms with Gasteiger partial charge in [0.2, 0.25) is 0 Å². The number of allylic oxidation sites excluding steroid dienone is 4. The van der Waals surface area contributed by atoms with E-state index >= 15 is 0 Å². The zero-order chi connectivity index (χ0) is 37.1. The lowest BCUT2D eigenvalue weighted by molar-refractivity contribution is -0.161. The molecular weight excluding hydrogens is 661 g/mol. The molecule has 0 fully saturated rings. The van der Waals surface area contributed by atoms with Crippen molar-refractivity contribution < 1.29 is 47.5 Å². The Morgan fingerprint density at radius 1 is 0.600 bits per heavy atom. The number of carbonyl (C=O) groups excluding carboxylic acids is 2. The average Bonchev–Trinajstić information content (AvgIpc) is 3.09. The second-order valence-corrected chi connectivity index (χ2v) is 14.5. The fourth-order valence-electron chi connectivity index (χ4n) is 5.04. The zero-order valence-corrected chi connectivity index (χ0v) is 32.1. The number of carboxylic acids is 1. The van der Waals surface area contributed by atoms with Gasteiger partial charge in [-0.25, -0.2) is 4.57 Å². The number of hydrogen-bond acceptors (Lipinski definition) is 9. The van der Waals surface area contributed by atoms with Crippen molar-refractivity contribution in [2.75, 3.05) is 19.8 Å². The summed E-state index contributed by atoms with van der Waals surface area (Å²) in [6.07, 6.45) is 32.5. The fourth-order valence-corrected chi connectivity index (χ4v) is 5.82. The number of aliphatic carboxylic acids is 1. The molecule has 0 amide bonds. The molecule has 0 aliphatic rings. The van der Waals surface area contributed by atoms with E-state index in [2.05, 4.69) is 42.7 Å². The maximum Gasteiger partial charge on any atom is 0.472 e. The second kappa shape index (κ2) is 34.1. The van der Waals surface area contributed by atoms with Gasteiger partial charge in [0.05, 0.1) is 13.2 Å². The van der Waals surface area contributed by atoms with Crippen LogP contribution in [0.1, 0.15) is 168 Å². The molecule has 4 N–H and O–H groups in total. The molecule has 11 nitrogen and oxygen atoms in total. The molecule has 0 bridgehead atoms. The summed E-state index contributed by atoms with van der Waals surface area (Å²) < 4.78 is 32.5. The van der Waals surface area contributed by atoms with Gasteiger partial charge in [0.25, 0.3) is 0 Å². The largest absolute Gasteiger partial charge is 0.480 e. The van der Waals surface area contributed by atoms with Gasteiger partial charge in [-0.1, -0.05) is 122 Å². The quantitative estimate of drug-likeness (QED) is 0.0242. The summed E-state index contributed by atoms with van der Waals surface area (Å²) in [6.45, 7) is 2.72. The van der Waals surface area contributed by atoms with E-state index in [1.54, 1.807) is 0 Å². The molecule has 0 aromatic carbocycles. The van der Waals surface area contributed by atoms with Crippen molar-refractivity contribution in [1.82, 2.24) is 0 Å². The predicted octanol–water partition coefficient (Wildman–Crippen LogP) is 9.50. The summed E-state index contributed by atoms with van der Waals surface area (Å²) in [6, 6.07) is -1.52. The smallest absolute Gasteiger partial charge is 0.472 e. The van der Waals surface area contributed by atoms with Gasteiger partial charge in [-0.2, -0.15) is 0 Å². The summed E-state index contributed by atoms with van der Waals surface area (Å²) in [7, 11) is -4.71. The average molecular weight is 732 g/mol. The summed E-state index contributed by atoms with van der Waals surface area (Å²) >= 11 is 0. The van der Waals surface area contributed by atoms with Crippen molar-refractivity contribution in [3.8, 4) is 0 Å².